The molecule has 0 radical (unpaired) electrons. The highest BCUT2D eigenvalue weighted by molar-refractivity contribution is 6.00. The predicted molar refractivity (Wildman–Crippen MR) is 87.0 cm³/mol. The molecule has 0 bridgehead atoms. The van der Waals surface area contributed by atoms with Crippen LogP contribution < -0.4 is 10.2 Å². The largest absolute Gasteiger partial charge is 0.379 e. The fourth-order valence-electron chi connectivity index (χ4n) is 2.46. The second-order valence-corrected chi connectivity index (χ2v) is 5.56. The molecule has 0 spiro atoms. The number of nitrogens with zero attached hydrogens (tertiary/aromatic N) is 3. The van der Waals surface area contributed by atoms with Crippen molar-refractivity contribution < 1.29 is 14.5 Å². The Balaban J connectivity index is 2.01. The number of ether oxygens (including phenoxy) is 1. The Morgan fingerprint density at radius 2 is 2.09 bits per heavy atom. The molecular formula is C15H22N4O4. The van der Waals surface area contributed by atoms with Crippen LogP contribution in [0.5, 0.6) is 0 Å². The van der Waals surface area contributed by atoms with Gasteiger partial charge in [0.25, 0.3) is 11.6 Å². The van der Waals surface area contributed by atoms with Gasteiger partial charge in [0.15, 0.2) is 0 Å². The van der Waals surface area contributed by atoms with E-state index in [4.69, 9.17) is 4.74 Å². The number of nitro groups is 1. The molecule has 0 aromatic heterocycles. The van der Waals surface area contributed by atoms with Gasteiger partial charge in [-0.3, -0.25) is 19.8 Å². The lowest BCUT2D eigenvalue weighted by molar-refractivity contribution is -0.384. The van der Waals surface area contributed by atoms with Crippen LogP contribution in [-0.2, 0) is 4.74 Å². The van der Waals surface area contributed by atoms with Gasteiger partial charge in [-0.15, -0.1) is 0 Å². The zero-order valence-electron chi connectivity index (χ0n) is 13.4. The van der Waals surface area contributed by atoms with Crippen molar-refractivity contribution in [2.75, 3.05) is 58.4 Å². The number of morpholine rings is 1. The van der Waals surface area contributed by atoms with E-state index in [9.17, 15) is 14.9 Å². The van der Waals surface area contributed by atoms with Gasteiger partial charge in [0.1, 0.15) is 0 Å². The second kappa shape index (κ2) is 7.89. The van der Waals surface area contributed by atoms with Crippen molar-refractivity contribution in [3.63, 3.8) is 0 Å². The van der Waals surface area contributed by atoms with Crippen molar-refractivity contribution in [1.29, 1.82) is 0 Å². The Kier molecular flexibility index (Phi) is 5.89. The normalized spacial score (nSPS) is 15.2. The highest BCUT2D eigenvalue weighted by Crippen LogP contribution is 2.24. The van der Waals surface area contributed by atoms with Crippen LogP contribution in [0.2, 0.25) is 0 Å². The molecule has 1 aliphatic heterocycles. The minimum atomic E-state index is -0.496. The molecule has 126 valence electrons. The molecule has 1 heterocycles. The minimum absolute atomic E-state index is 0.0890. The molecule has 1 N–H and O–H groups in total. The van der Waals surface area contributed by atoms with Gasteiger partial charge in [-0.1, -0.05) is 0 Å². The zero-order chi connectivity index (χ0) is 16.8. The van der Waals surface area contributed by atoms with Crippen LogP contribution in [0.1, 0.15) is 10.4 Å². The van der Waals surface area contributed by atoms with E-state index in [-0.39, 0.29) is 11.6 Å². The third-order valence-electron chi connectivity index (χ3n) is 3.73. The number of non-ortho nitro benzene ring substituents is 1. The molecule has 1 aromatic rings. The fourth-order valence-corrected chi connectivity index (χ4v) is 2.46. The number of hydrogen-bond donors (Lipinski definition) is 1. The quantitative estimate of drug-likeness (QED) is 0.613. The monoisotopic (exact) mass is 322 g/mol. The lowest BCUT2D eigenvalue weighted by Gasteiger charge is -2.26. The van der Waals surface area contributed by atoms with Gasteiger partial charge < -0.3 is 15.0 Å². The molecule has 1 saturated heterocycles. The first kappa shape index (κ1) is 17.2. The number of hydrogen-bond acceptors (Lipinski definition) is 6. The Hall–Kier alpha value is -2.19. The van der Waals surface area contributed by atoms with Crippen LogP contribution in [0, 0.1) is 10.1 Å². The van der Waals surface area contributed by atoms with E-state index in [0.717, 1.165) is 19.6 Å². The molecule has 2 rings (SSSR count). The van der Waals surface area contributed by atoms with Crippen LogP contribution in [0.15, 0.2) is 18.2 Å². The summed E-state index contributed by atoms with van der Waals surface area (Å²) in [6.07, 6.45) is 0. The molecule has 1 aliphatic rings. The standard InChI is InChI=1S/C15H22N4O4/c1-17(2)14-4-3-12(19(21)22)11-13(14)15(20)16-5-6-18-7-9-23-10-8-18/h3-4,11H,5-10H2,1-2H3,(H,16,20). The van der Waals surface area contributed by atoms with Crippen LogP contribution >= 0.6 is 0 Å². The summed E-state index contributed by atoms with van der Waals surface area (Å²) in [6, 6.07) is 4.31. The molecule has 8 nitrogen and oxygen atoms in total. The Morgan fingerprint density at radius 3 is 2.70 bits per heavy atom. The predicted octanol–water partition coefficient (Wildman–Crippen LogP) is 0.723. The fraction of sp³-hybridized carbons (Fsp3) is 0.533. The van der Waals surface area contributed by atoms with E-state index in [1.54, 1.807) is 25.1 Å². The molecule has 0 aliphatic carbocycles. The van der Waals surface area contributed by atoms with Gasteiger partial charge in [0.05, 0.1) is 23.7 Å². The lowest BCUT2D eigenvalue weighted by atomic mass is 10.1. The zero-order valence-corrected chi connectivity index (χ0v) is 13.4. The average Bonchev–Trinajstić information content (AvgIpc) is 2.55. The smallest absolute Gasteiger partial charge is 0.270 e. The van der Waals surface area contributed by atoms with Crippen molar-refractivity contribution in [2.45, 2.75) is 0 Å². The highest BCUT2D eigenvalue weighted by atomic mass is 16.6. The van der Waals surface area contributed by atoms with Crippen LogP contribution in [0.25, 0.3) is 0 Å². The summed E-state index contributed by atoms with van der Waals surface area (Å²) in [4.78, 5) is 26.8. The maximum atomic E-state index is 12.4. The third kappa shape index (κ3) is 4.64. The molecule has 0 unspecified atom stereocenters. The number of amides is 1. The van der Waals surface area contributed by atoms with E-state index in [1.807, 2.05) is 0 Å². The number of carbonyl (C=O) groups is 1. The Morgan fingerprint density at radius 1 is 1.39 bits per heavy atom. The number of anilines is 1. The molecule has 0 saturated carbocycles. The molecule has 0 atom stereocenters. The molecule has 23 heavy (non-hydrogen) atoms. The number of nitro benzene ring substituents is 1. The van der Waals surface area contributed by atoms with Crippen molar-refractivity contribution in [2.24, 2.45) is 0 Å². The Labute approximate surface area is 135 Å². The van der Waals surface area contributed by atoms with Crippen LogP contribution in [0.4, 0.5) is 11.4 Å². The summed E-state index contributed by atoms with van der Waals surface area (Å²) in [7, 11) is 3.59. The van der Waals surface area contributed by atoms with Crippen molar-refractivity contribution in [3.05, 3.63) is 33.9 Å². The highest BCUT2D eigenvalue weighted by Gasteiger charge is 2.18. The summed E-state index contributed by atoms with van der Waals surface area (Å²) in [5.74, 6) is -0.300. The molecule has 1 amide bonds. The number of benzene rings is 1. The van der Waals surface area contributed by atoms with Gasteiger partial charge in [0.2, 0.25) is 0 Å². The first-order valence-electron chi connectivity index (χ1n) is 7.53. The van der Waals surface area contributed by atoms with E-state index < -0.39 is 4.92 Å². The number of rotatable bonds is 6. The average molecular weight is 322 g/mol. The van der Waals surface area contributed by atoms with Gasteiger partial charge in [-0.2, -0.15) is 0 Å². The third-order valence-corrected chi connectivity index (χ3v) is 3.73. The summed E-state index contributed by atoms with van der Waals surface area (Å²) >= 11 is 0. The maximum Gasteiger partial charge on any atom is 0.270 e. The van der Waals surface area contributed by atoms with E-state index in [2.05, 4.69) is 10.2 Å². The topological polar surface area (TPSA) is 87.9 Å². The molecule has 1 fully saturated rings. The van der Waals surface area contributed by atoms with Gasteiger partial charge in [0, 0.05) is 58.1 Å². The minimum Gasteiger partial charge on any atom is -0.379 e. The summed E-state index contributed by atoms with van der Waals surface area (Å²) < 4.78 is 5.28. The first-order valence-corrected chi connectivity index (χ1v) is 7.53. The summed E-state index contributed by atoms with van der Waals surface area (Å²) in [5, 5.41) is 13.8. The molecule has 8 heteroatoms. The van der Waals surface area contributed by atoms with Gasteiger partial charge >= 0.3 is 0 Å². The summed E-state index contributed by atoms with van der Waals surface area (Å²) in [5.41, 5.74) is 0.875. The van der Waals surface area contributed by atoms with E-state index in [0.29, 0.717) is 31.0 Å². The molecular weight excluding hydrogens is 300 g/mol. The second-order valence-electron chi connectivity index (χ2n) is 5.56. The Bertz CT molecular complexity index is 571. The lowest BCUT2D eigenvalue weighted by Crippen LogP contribution is -2.41. The van der Waals surface area contributed by atoms with Crippen LogP contribution in [0.3, 0.4) is 0 Å². The van der Waals surface area contributed by atoms with Gasteiger partial charge in [-0.25, -0.2) is 0 Å². The van der Waals surface area contributed by atoms with Crippen molar-refractivity contribution in [3.8, 4) is 0 Å². The number of carbonyl (C=O) groups excluding carboxylic acids is 1. The maximum absolute atomic E-state index is 12.4. The first-order chi connectivity index (χ1) is 11.0. The molecule has 1 aromatic carbocycles. The van der Waals surface area contributed by atoms with Crippen molar-refractivity contribution in [1.82, 2.24) is 10.2 Å². The number of nitrogens with one attached hydrogen (secondary N) is 1. The van der Waals surface area contributed by atoms with Gasteiger partial charge in [-0.05, 0) is 6.07 Å². The van der Waals surface area contributed by atoms with E-state index in [1.165, 1.54) is 12.1 Å². The van der Waals surface area contributed by atoms with E-state index >= 15 is 0 Å². The van der Waals surface area contributed by atoms with Crippen molar-refractivity contribution >= 4 is 17.3 Å². The SMILES string of the molecule is CN(C)c1ccc([N+](=O)[O-])cc1C(=O)NCCN1CCOCC1. The van der Waals surface area contributed by atoms with Crippen LogP contribution in [-0.4, -0.2) is 69.2 Å². The summed E-state index contributed by atoms with van der Waals surface area (Å²) in [6.45, 7) is 4.37.